The number of fused-ring (bicyclic) bond motifs is 2. The van der Waals surface area contributed by atoms with Gasteiger partial charge < -0.3 is 9.88 Å². The largest absolute Gasteiger partial charge is 0.311 e. The summed E-state index contributed by atoms with van der Waals surface area (Å²) in [7, 11) is 1.95. The first-order valence-corrected chi connectivity index (χ1v) is 9.48. The van der Waals surface area contributed by atoms with E-state index in [0.717, 1.165) is 27.9 Å². The zero-order chi connectivity index (χ0) is 19.4. The quantitative estimate of drug-likeness (QED) is 0.557. The summed E-state index contributed by atoms with van der Waals surface area (Å²) in [4.78, 5) is 17.3. The third-order valence-corrected chi connectivity index (χ3v) is 5.68. The van der Waals surface area contributed by atoms with Gasteiger partial charge in [0, 0.05) is 30.0 Å². The number of anilines is 1. The van der Waals surface area contributed by atoms with Gasteiger partial charge in [-0.3, -0.25) is 4.79 Å². The summed E-state index contributed by atoms with van der Waals surface area (Å²) in [6.45, 7) is 1.96. The minimum atomic E-state index is -0.138. The molecule has 0 saturated carbocycles. The van der Waals surface area contributed by atoms with E-state index in [9.17, 15) is 4.79 Å². The van der Waals surface area contributed by atoms with Crippen LogP contribution < -0.4 is 5.32 Å². The van der Waals surface area contributed by atoms with E-state index in [1.807, 2.05) is 67.1 Å². The van der Waals surface area contributed by atoms with Gasteiger partial charge >= 0.3 is 0 Å². The number of hydrogen-bond donors (Lipinski definition) is 1. The zero-order valence-electron chi connectivity index (χ0n) is 15.5. The van der Waals surface area contributed by atoms with Crippen LogP contribution in [0.5, 0.6) is 0 Å². The van der Waals surface area contributed by atoms with Crippen LogP contribution in [0.2, 0.25) is 5.02 Å². The molecule has 3 heterocycles. The van der Waals surface area contributed by atoms with Crippen LogP contribution in [-0.4, -0.2) is 25.2 Å². The molecule has 2 aromatic carbocycles. The Hall–Kier alpha value is -3.12. The molecule has 7 heteroatoms. The summed E-state index contributed by atoms with van der Waals surface area (Å²) in [6, 6.07) is 15.6. The maximum atomic E-state index is 12.5. The molecule has 0 spiro atoms. The smallest absolute Gasteiger partial charge is 0.233 e. The molecule has 6 nitrogen and oxygen atoms in total. The first kappa shape index (κ1) is 17.0. The lowest BCUT2D eigenvalue weighted by molar-refractivity contribution is -0.116. The highest BCUT2D eigenvalue weighted by Crippen LogP contribution is 2.42. The molecule has 5 rings (SSSR count). The molecule has 0 aliphatic carbocycles. The third kappa shape index (κ3) is 2.45. The van der Waals surface area contributed by atoms with Crippen LogP contribution >= 0.6 is 11.6 Å². The van der Waals surface area contributed by atoms with Crippen molar-refractivity contribution in [3.8, 4) is 5.95 Å². The van der Waals surface area contributed by atoms with Crippen LogP contribution in [0.1, 0.15) is 29.2 Å². The highest BCUT2D eigenvalue weighted by atomic mass is 35.5. The number of halogens is 1. The van der Waals surface area contributed by atoms with Crippen LogP contribution in [0.25, 0.3) is 17.0 Å². The van der Waals surface area contributed by atoms with Crippen LogP contribution in [0, 0.1) is 6.92 Å². The predicted octanol–water partition coefficient (Wildman–Crippen LogP) is 4.19. The lowest BCUT2D eigenvalue weighted by Crippen LogP contribution is -2.25. The van der Waals surface area contributed by atoms with Crippen molar-refractivity contribution in [1.82, 2.24) is 19.3 Å². The van der Waals surface area contributed by atoms with Gasteiger partial charge in [0.25, 0.3) is 0 Å². The van der Waals surface area contributed by atoms with Crippen molar-refractivity contribution in [1.29, 1.82) is 0 Å². The number of nitrogens with one attached hydrogen (secondary N) is 1. The Morgan fingerprint density at radius 3 is 2.68 bits per heavy atom. The molecule has 1 aliphatic rings. The average molecular weight is 392 g/mol. The van der Waals surface area contributed by atoms with E-state index in [2.05, 4.69) is 5.32 Å². The maximum absolute atomic E-state index is 12.5. The van der Waals surface area contributed by atoms with E-state index in [-0.39, 0.29) is 11.8 Å². The number of aromatic nitrogens is 4. The number of aryl methyl sites for hydroxylation is 2. The van der Waals surface area contributed by atoms with Gasteiger partial charge in [-0.1, -0.05) is 41.9 Å². The molecule has 28 heavy (non-hydrogen) atoms. The number of rotatable bonds is 2. The van der Waals surface area contributed by atoms with Gasteiger partial charge in [-0.05, 0) is 30.7 Å². The second kappa shape index (κ2) is 6.21. The first-order chi connectivity index (χ1) is 13.5. The predicted molar refractivity (Wildman–Crippen MR) is 109 cm³/mol. The van der Waals surface area contributed by atoms with Gasteiger partial charge in [-0.2, -0.15) is 9.78 Å². The van der Waals surface area contributed by atoms with Gasteiger partial charge in [-0.25, -0.2) is 4.98 Å². The first-order valence-electron chi connectivity index (χ1n) is 9.10. The topological polar surface area (TPSA) is 64.7 Å². The van der Waals surface area contributed by atoms with Crippen LogP contribution in [0.15, 0.2) is 48.5 Å². The second-order valence-corrected chi connectivity index (χ2v) is 7.45. The van der Waals surface area contributed by atoms with Gasteiger partial charge in [-0.15, -0.1) is 0 Å². The fraction of sp³-hybridized carbons (Fsp3) is 0.190. The highest BCUT2D eigenvalue weighted by molar-refractivity contribution is 6.31. The minimum Gasteiger partial charge on any atom is -0.311 e. The second-order valence-electron chi connectivity index (χ2n) is 7.05. The Kier molecular flexibility index (Phi) is 3.77. The molecule has 1 unspecified atom stereocenters. The van der Waals surface area contributed by atoms with E-state index < -0.39 is 0 Å². The molecule has 0 bridgehead atoms. The van der Waals surface area contributed by atoms with E-state index in [0.29, 0.717) is 23.2 Å². The molecule has 1 amide bonds. The minimum absolute atomic E-state index is 0.0580. The summed E-state index contributed by atoms with van der Waals surface area (Å²) in [5.74, 6) is 1.13. The van der Waals surface area contributed by atoms with Gasteiger partial charge in [0.15, 0.2) is 0 Å². The zero-order valence-corrected chi connectivity index (χ0v) is 16.2. The number of para-hydroxylation sites is 2. The molecule has 0 fully saturated rings. The van der Waals surface area contributed by atoms with E-state index in [1.165, 1.54) is 0 Å². The summed E-state index contributed by atoms with van der Waals surface area (Å²) in [6.07, 6.45) is 0.339. The van der Waals surface area contributed by atoms with E-state index >= 15 is 0 Å². The van der Waals surface area contributed by atoms with Crippen molar-refractivity contribution in [3.63, 3.8) is 0 Å². The number of hydrogen-bond acceptors (Lipinski definition) is 3. The molecule has 2 aromatic heterocycles. The van der Waals surface area contributed by atoms with Crippen LogP contribution in [-0.2, 0) is 11.8 Å². The Labute approximate surface area is 166 Å². The molecule has 1 atom stereocenters. The van der Waals surface area contributed by atoms with Crippen LogP contribution in [0.3, 0.4) is 0 Å². The third-order valence-electron chi connectivity index (χ3n) is 5.34. The van der Waals surface area contributed by atoms with E-state index in [1.54, 1.807) is 4.68 Å². The fourth-order valence-electron chi connectivity index (χ4n) is 4.04. The lowest BCUT2D eigenvalue weighted by atomic mass is 9.86. The van der Waals surface area contributed by atoms with Gasteiger partial charge in [0.2, 0.25) is 11.9 Å². The van der Waals surface area contributed by atoms with Gasteiger partial charge in [0.1, 0.15) is 5.82 Å². The molecular weight excluding hydrogens is 374 g/mol. The molecule has 4 aromatic rings. The van der Waals surface area contributed by atoms with Crippen molar-refractivity contribution in [2.45, 2.75) is 19.3 Å². The SMILES string of the molecule is Cc1nn(-c2nc3ccccc3n2C)c2c1C(c1ccccc1Cl)CC(=O)N2. The van der Waals surface area contributed by atoms with Crippen molar-refractivity contribution in [2.75, 3.05) is 5.32 Å². The summed E-state index contributed by atoms with van der Waals surface area (Å²) >= 11 is 6.45. The molecule has 140 valence electrons. The molecular formula is C21H18ClN5O. The number of amides is 1. The van der Waals surface area contributed by atoms with Crippen molar-refractivity contribution >= 4 is 34.4 Å². The Balaban J connectivity index is 1.73. The Morgan fingerprint density at radius 1 is 1.14 bits per heavy atom. The number of nitrogens with zero attached hydrogens (tertiary/aromatic N) is 4. The Bertz CT molecular complexity index is 1240. The number of benzene rings is 2. The van der Waals surface area contributed by atoms with E-state index in [4.69, 9.17) is 21.7 Å². The lowest BCUT2D eigenvalue weighted by Gasteiger charge is -2.25. The van der Waals surface area contributed by atoms with Gasteiger partial charge in [0.05, 0.1) is 16.7 Å². The number of carbonyl (C=O) groups excluding carboxylic acids is 1. The maximum Gasteiger partial charge on any atom is 0.233 e. The van der Waals surface area contributed by atoms with Crippen molar-refractivity contribution in [2.24, 2.45) is 7.05 Å². The standard InChI is InChI=1S/C21H18ClN5O/c1-12-19-14(13-7-3-4-8-15(13)22)11-18(28)24-20(19)27(25-12)21-23-16-9-5-6-10-17(16)26(21)2/h3-10,14H,11H2,1-2H3,(H,24,28). The summed E-state index contributed by atoms with van der Waals surface area (Å²) in [5.41, 5.74) is 4.66. The summed E-state index contributed by atoms with van der Waals surface area (Å²) < 4.78 is 3.71. The monoisotopic (exact) mass is 391 g/mol. The molecule has 1 N–H and O–H groups in total. The normalized spacial score (nSPS) is 16.2. The van der Waals surface area contributed by atoms with Crippen LogP contribution in [0.4, 0.5) is 5.82 Å². The Morgan fingerprint density at radius 2 is 1.89 bits per heavy atom. The fourth-order valence-corrected chi connectivity index (χ4v) is 4.30. The molecule has 1 aliphatic heterocycles. The molecule has 0 saturated heterocycles. The summed E-state index contributed by atoms with van der Waals surface area (Å²) in [5, 5.41) is 8.39. The average Bonchev–Trinajstić information content (AvgIpc) is 3.19. The molecule has 0 radical (unpaired) electrons. The number of imidazole rings is 1. The van der Waals surface area contributed by atoms with Crippen molar-refractivity contribution in [3.05, 3.63) is 70.4 Å². The highest BCUT2D eigenvalue weighted by Gasteiger charge is 2.34. The number of carbonyl (C=O) groups is 1. The van der Waals surface area contributed by atoms with Crippen molar-refractivity contribution < 1.29 is 4.79 Å².